The Kier molecular flexibility index (Phi) is 5.22. The lowest BCUT2D eigenvalue weighted by molar-refractivity contribution is -0.115. The fourth-order valence-electron chi connectivity index (χ4n) is 0.796. The third-order valence-corrected chi connectivity index (χ3v) is 4.75. The van der Waals surface area contributed by atoms with Gasteiger partial charge in [-0.1, -0.05) is 23.1 Å². The summed E-state index contributed by atoms with van der Waals surface area (Å²) in [6.07, 6.45) is -3.20. The molecule has 0 aliphatic carbocycles. The van der Waals surface area contributed by atoms with Gasteiger partial charge in [0.2, 0.25) is 5.13 Å². The monoisotopic (exact) mass is 321 g/mol. The topological polar surface area (TPSA) is 72.0 Å². The summed E-state index contributed by atoms with van der Waals surface area (Å²) < 4.78 is 57.9. The molecule has 18 heavy (non-hydrogen) atoms. The van der Waals surface area contributed by atoms with E-state index in [1.54, 1.807) is 0 Å². The molecule has 104 valence electrons. The number of rotatable bonds is 6. The van der Waals surface area contributed by atoms with Gasteiger partial charge < -0.3 is 5.32 Å². The Morgan fingerprint density at radius 2 is 2.06 bits per heavy atom. The van der Waals surface area contributed by atoms with Crippen molar-refractivity contribution in [2.45, 2.75) is 10.5 Å². The number of halogens is 3. The third-order valence-electron chi connectivity index (χ3n) is 1.53. The van der Waals surface area contributed by atoms with Crippen molar-refractivity contribution in [2.75, 3.05) is 29.6 Å². The van der Waals surface area contributed by atoms with Crippen LogP contribution in [0.3, 0.4) is 0 Å². The minimum Gasteiger partial charge on any atom is -0.351 e. The van der Waals surface area contributed by atoms with E-state index in [-0.39, 0.29) is 10.9 Å². The second kappa shape index (κ2) is 6.06. The van der Waals surface area contributed by atoms with Crippen molar-refractivity contribution in [3.8, 4) is 0 Å². The molecule has 1 aromatic rings. The summed E-state index contributed by atoms with van der Waals surface area (Å²) in [7, 11) is -3.05. The van der Waals surface area contributed by atoms with Gasteiger partial charge in [-0.3, -0.25) is 0 Å². The number of thioether (sulfide) groups is 1. The zero-order valence-corrected chi connectivity index (χ0v) is 11.6. The summed E-state index contributed by atoms with van der Waals surface area (Å²) >= 11 is 2.10. The van der Waals surface area contributed by atoms with E-state index in [1.807, 2.05) is 0 Å². The Morgan fingerprint density at radius 1 is 1.39 bits per heavy atom. The van der Waals surface area contributed by atoms with E-state index in [0.717, 1.165) is 29.4 Å². The van der Waals surface area contributed by atoms with Crippen molar-refractivity contribution in [3.63, 3.8) is 0 Å². The van der Waals surface area contributed by atoms with E-state index in [2.05, 4.69) is 15.5 Å². The fraction of sp³-hybridized carbons (Fsp3) is 0.714. The van der Waals surface area contributed by atoms with Crippen molar-refractivity contribution in [1.82, 2.24) is 10.2 Å². The highest BCUT2D eigenvalue weighted by Gasteiger charge is 2.27. The summed E-state index contributed by atoms with van der Waals surface area (Å²) in [4.78, 5) is 0. The molecule has 0 bridgehead atoms. The maximum atomic E-state index is 11.9. The number of sulfone groups is 1. The van der Waals surface area contributed by atoms with Crippen LogP contribution in [0.4, 0.5) is 18.3 Å². The second-order valence-corrected chi connectivity index (χ2v) is 7.90. The molecule has 1 N–H and O–H groups in total. The highest BCUT2D eigenvalue weighted by molar-refractivity contribution is 8.02. The molecule has 0 saturated heterocycles. The largest absolute Gasteiger partial charge is 0.405 e. The lowest BCUT2D eigenvalue weighted by atomic mass is 10.6. The van der Waals surface area contributed by atoms with Gasteiger partial charge in [-0.15, -0.1) is 10.2 Å². The van der Waals surface area contributed by atoms with Gasteiger partial charge in [-0.05, 0) is 0 Å². The zero-order chi connectivity index (χ0) is 13.8. The molecule has 0 aromatic carbocycles. The van der Waals surface area contributed by atoms with Crippen molar-refractivity contribution < 1.29 is 21.6 Å². The van der Waals surface area contributed by atoms with Gasteiger partial charge in [0.05, 0.1) is 5.75 Å². The second-order valence-electron chi connectivity index (χ2n) is 3.32. The van der Waals surface area contributed by atoms with Crippen LogP contribution < -0.4 is 5.32 Å². The first-order chi connectivity index (χ1) is 8.16. The minimum atomic E-state index is -4.31. The quantitative estimate of drug-likeness (QED) is 0.803. The number of alkyl halides is 3. The first kappa shape index (κ1) is 15.5. The number of nitrogens with zero attached hydrogens (tertiary/aromatic N) is 2. The molecule has 1 aromatic heterocycles. The maximum Gasteiger partial charge on any atom is 0.405 e. The Labute approximate surface area is 110 Å². The van der Waals surface area contributed by atoms with E-state index in [4.69, 9.17) is 0 Å². The lowest BCUT2D eigenvalue weighted by Gasteiger charge is -2.05. The molecule has 1 heterocycles. The molecule has 5 nitrogen and oxygen atoms in total. The molecule has 0 fully saturated rings. The van der Waals surface area contributed by atoms with E-state index in [0.29, 0.717) is 10.1 Å². The standard InChI is InChI=1S/C7H10F3N3O2S3/c1-18(14,15)3-2-16-6-13-12-5(17-6)11-4-7(8,9)10/h2-4H2,1H3,(H,11,12). The Hall–Kier alpha value is -0.550. The van der Waals surface area contributed by atoms with Crippen molar-refractivity contribution in [1.29, 1.82) is 0 Å². The van der Waals surface area contributed by atoms with Crippen molar-refractivity contribution in [3.05, 3.63) is 0 Å². The fourth-order valence-corrected chi connectivity index (χ4v) is 3.81. The summed E-state index contributed by atoms with van der Waals surface area (Å²) in [5, 5.41) is 9.33. The number of hydrogen-bond donors (Lipinski definition) is 1. The minimum absolute atomic E-state index is 0.0113. The predicted molar refractivity (Wildman–Crippen MR) is 64.9 cm³/mol. The molecule has 0 spiro atoms. The van der Waals surface area contributed by atoms with Gasteiger partial charge in [-0.25, -0.2) is 8.42 Å². The third kappa shape index (κ3) is 7.01. The van der Waals surface area contributed by atoms with Crippen LogP contribution in [-0.2, 0) is 9.84 Å². The molecule has 0 radical (unpaired) electrons. The Balaban J connectivity index is 2.39. The molecular weight excluding hydrogens is 311 g/mol. The van der Waals surface area contributed by atoms with Crippen molar-refractivity contribution in [2.24, 2.45) is 0 Å². The van der Waals surface area contributed by atoms with Crippen LogP contribution in [0.1, 0.15) is 0 Å². The van der Waals surface area contributed by atoms with Gasteiger partial charge in [0.15, 0.2) is 4.34 Å². The molecule has 11 heteroatoms. The van der Waals surface area contributed by atoms with E-state index >= 15 is 0 Å². The van der Waals surface area contributed by atoms with E-state index < -0.39 is 22.6 Å². The molecule has 0 unspecified atom stereocenters. The van der Waals surface area contributed by atoms with Crippen LogP contribution in [0.15, 0.2) is 4.34 Å². The predicted octanol–water partition coefficient (Wildman–Crippen LogP) is 1.65. The van der Waals surface area contributed by atoms with Gasteiger partial charge in [0.1, 0.15) is 16.4 Å². The normalized spacial score (nSPS) is 12.7. The average Bonchev–Trinajstić information content (AvgIpc) is 2.60. The van der Waals surface area contributed by atoms with E-state index in [9.17, 15) is 21.6 Å². The number of nitrogens with one attached hydrogen (secondary N) is 1. The highest BCUT2D eigenvalue weighted by atomic mass is 32.2. The van der Waals surface area contributed by atoms with Crippen LogP contribution in [0.25, 0.3) is 0 Å². The van der Waals surface area contributed by atoms with Crippen LogP contribution in [0.5, 0.6) is 0 Å². The van der Waals surface area contributed by atoms with E-state index in [1.165, 1.54) is 0 Å². The van der Waals surface area contributed by atoms with Gasteiger partial charge >= 0.3 is 6.18 Å². The lowest BCUT2D eigenvalue weighted by Crippen LogP contribution is -2.21. The van der Waals surface area contributed by atoms with Gasteiger partial charge in [0, 0.05) is 12.0 Å². The average molecular weight is 321 g/mol. The smallest absolute Gasteiger partial charge is 0.351 e. The van der Waals surface area contributed by atoms with Crippen molar-refractivity contribution >= 4 is 38.1 Å². The molecule has 0 amide bonds. The SMILES string of the molecule is CS(=O)(=O)CCSc1nnc(NCC(F)(F)F)s1. The Bertz CT molecular complexity index is 486. The molecule has 0 atom stereocenters. The van der Waals surface area contributed by atoms with Crippen LogP contribution in [-0.4, -0.2) is 49.1 Å². The first-order valence-electron chi connectivity index (χ1n) is 4.60. The summed E-state index contributed by atoms with van der Waals surface area (Å²) in [5.41, 5.74) is 0. The summed E-state index contributed by atoms with van der Waals surface area (Å²) in [5.74, 6) is 0.287. The number of hydrogen-bond acceptors (Lipinski definition) is 7. The number of aromatic nitrogens is 2. The molecule has 0 saturated carbocycles. The first-order valence-corrected chi connectivity index (χ1v) is 8.47. The highest BCUT2D eigenvalue weighted by Crippen LogP contribution is 2.26. The maximum absolute atomic E-state index is 11.9. The number of anilines is 1. The summed E-state index contributed by atoms with van der Waals surface area (Å²) in [6.45, 7) is -1.17. The van der Waals surface area contributed by atoms with Gasteiger partial charge in [-0.2, -0.15) is 13.2 Å². The molecule has 0 aliphatic rings. The molecule has 0 aliphatic heterocycles. The van der Waals surface area contributed by atoms with Gasteiger partial charge in [0.25, 0.3) is 0 Å². The molecule has 1 rings (SSSR count). The van der Waals surface area contributed by atoms with Crippen LogP contribution in [0, 0.1) is 0 Å². The zero-order valence-electron chi connectivity index (χ0n) is 9.19. The molecular formula is C7H10F3N3O2S3. The Morgan fingerprint density at radius 3 is 2.61 bits per heavy atom. The van der Waals surface area contributed by atoms with Crippen LogP contribution >= 0.6 is 23.1 Å². The summed E-state index contributed by atoms with van der Waals surface area (Å²) in [6, 6.07) is 0. The van der Waals surface area contributed by atoms with Crippen LogP contribution in [0.2, 0.25) is 0 Å².